The number of aromatic nitrogens is 4. The molecular formula is C23H19F3N4O4. The van der Waals surface area contributed by atoms with Gasteiger partial charge in [-0.15, -0.1) is 5.10 Å². The molecule has 11 heteroatoms. The lowest BCUT2D eigenvalue weighted by atomic mass is 9.96. The number of hydrogen-bond acceptors (Lipinski definition) is 6. The fourth-order valence-corrected chi connectivity index (χ4v) is 3.63. The average molecular weight is 472 g/mol. The van der Waals surface area contributed by atoms with Crippen LogP contribution >= 0.6 is 0 Å². The van der Waals surface area contributed by atoms with Crippen molar-refractivity contribution in [1.82, 2.24) is 20.0 Å². The normalized spacial score (nSPS) is 13.6. The van der Waals surface area contributed by atoms with E-state index >= 15 is 0 Å². The maximum absolute atomic E-state index is 13.3. The van der Waals surface area contributed by atoms with Crippen molar-refractivity contribution in [3.8, 4) is 17.0 Å². The zero-order valence-electron chi connectivity index (χ0n) is 17.8. The first-order valence-corrected chi connectivity index (χ1v) is 10.2. The first kappa shape index (κ1) is 23.2. The Balaban J connectivity index is 1.72. The molecule has 1 unspecified atom stereocenters. The number of alkyl halides is 3. The van der Waals surface area contributed by atoms with Gasteiger partial charge in [0.1, 0.15) is 5.69 Å². The highest BCUT2D eigenvalue weighted by molar-refractivity contribution is 5.95. The Kier molecular flexibility index (Phi) is 5.96. The maximum atomic E-state index is 13.3. The third-order valence-electron chi connectivity index (χ3n) is 5.42. The van der Waals surface area contributed by atoms with Crippen molar-refractivity contribution in [1.29, 1.82) is 0 Å². The molecule has 0 saturated heterocycles. The van der Waals surface area contributed by atoms with E-state index < -0.39 is 30.0 Å². The van der Waals surface area contributed by atoms with E-state index in [1.165, 1.54) is 17.7 Å². The zero-order valence-corrected chi connectivity index (χ0v) is 17.8. The molecule has 1 atom stereocenters. The number of carbonyl (C=O) groups is 1. The fourth-order valence-electron chi connectivity index (χ4n) is 3.63. The van der Waals surface area contributed by atoms with E-state index in [0.29, 0.717) is 16.6 Å². The summed E-state index contributed by atoms with van der Waals surface area (Å²) in [5, 5.41) is 27.1. The van der Waals surface area contributed by atoms with Gasteiger partial charge in [0.05, 0.1) is 18.3 Å². The van der Waals surface area contributed by atoms with Crippen LogP contribution in [0.1, 0.15) is 24.6 Å². The van der Waals surface area contributed by atoms with E-state index in [1.807, 2.05) is 30.3 Å². The van der Waals surface area contributed by atoms with E-state index in [-0.39, 0.29) is 12.4 Å². The highest BCUT2D eigenvalue weighted by Gasteiger charge is 2.55. The van der Waals surface area contributed by atoms with Crippen molar-refractivity contribution in [2.45, 2.75) is 31.7 Å². The van der Waals surface area contributed by atoms with Gasteiger partial charge in [0.15, 0.2) is 0 Å². The summed E-state index contributed by atoms with van der Waals surface area (Å²) in [5.74, 6) is -0.114. The van der Waals surface area contributed by atoms with Gasteiger partial charge in [0.2, 0.25) is 11.5 Å². The van der Waals surface area contributed by atoms with Crippen LogP contribution in [0.15, 0.2) is 60.8 Å². The molecule has 0 saturated carbocycles. The first-order chi connectivity index (χ1) is 16.1. The van der Waals surface area contributed by atoms with Gasteiger partial charge in [0, 0.05) is 11.5 Å². The van der Waals surface area contributed by atoms with Crippen LogP contribution in [-0.2, 0) is 12.1 Å². The Morgan fingerprint density at radius 2 is 1.85 bits per heavy atom. The minimum atomic E-state index is -4.90. The number of fused-ring (bicyclic) bond motifs is 1. The molecule has 0 bridgehead atoms. The molecule has 2 aromatic heterocycles. The van der Waals surface area contributed by atoms with Crippen LogP contribution in [0.4, 0.5) is 18.0 Å². The van der Waals surface area contributed by atoms with Crippen LogP contribution < -0.4 is 4.74 Å². The number of halogens is 3. The molecule has 0 radical (unpaired) electrons. The molecule has 176 valence electrons. The Morgan fingerprint density at radius 1 is 1.12 bits per heavy atom. The van der Waals surface area contributed by atoms with Crippen molar-refractivity contribution in [2.24, 2.45) is 0 Å². The Bertz CT molecular complexity index is 1340. The summed E-state index contributed by atoms with van der Waals surface area (Å²) in [6, 6.07) is 16.0. The Labute approximate surface area is 191 Å². The fraction of sp³-hybridized carbons (Fsp3) is 0.217. The van der Waals surface area contributed by atoms with Gasteiger partial charge in [-0.3, -0.25) is 0 Å². The number of carboxylic acid groups (broad SMARTS) is 1. The molecule has 8 nitrogen and oxygen atoms in total. The topological polar surface area (TPSA) is 110 Å². The van der Waals surface area contributed by atoms with Gasteiger partial charge in [-0.2, -0.15) is 13.2 Å². The molecule has 0 spiro atoms. The van der Waals surface area contributed by atoms with Crippen molar-refractivity contribution in [2.75, 3.05) is 0 Å². The van der Waals surface area contributed by atoms with E-state index in [0.717, 1.165) is 17.1 Å². The molecule has 0 amide bonds. The van der Waals surface area contributed by atoms with Gasteiger partial charge in [-0.25, -0.2) is 14.5 Å². The molecule has 0 aliphatic carbocycles. The first-order valence-electron chi connectivity index (χ1n) is 10.2. The van der Waals surface area contributed by atoms with Gasteiger partial charge in [-0.05, 0) is 29.2 Å². The molecule has 0 aliphatic rings. The van der Waals surface area contributed by atoms with Crippen LogP contribution in [0, 0.1) is 0 Å². The summed E-state index contributed by atoms with van der Waals surface area (Å²) in [6.07, 6.45) is -5.97. The van der Waals surface area contributed by atoms with Crippen molar-refractivity contribution >= 4 is 17.1 Å². The molecule has 0 aliphatic heterocycles. The predicted octanol–water partition coefficient (Wildman–Crippen LogP) is 4.76. The second-order valence-corrected chi connectivity index (χ2v) is 7.61. The average Bonchev–Trinajstić information content (AvgIpc) is 3.26. The molecule has 2 heterocycles. The summed E-state index contributed by atoms with van der Waals surface area (Å²) < 4.78 is 45.9. The summed E-state index contributed by atoms with van der Waals surface area (Å²) in [4.78, 5) is 15.3. The lowest BCUT2D eigenvalue weighted by Gasteiger charge is -2.26. The number of nitrogens with zero attached hydrogens (tertiary/aromatic N) is 4. The number of benzene rings is 2. The molecule has 4 aromatic rings. The molecule has 0 fully saturated rings. The van der Waals surface area contributed by atoms with E-state index in [9.17, 15) is 23.1 Å². The van der Waals surface area contributed by atoms with Crippen LogP contribution in [0.2, 0.25) is 0 Å². The maximum Gasteiger partial charge on any atom is 0.512 e. The number of rotatable bonds is 6. The Morgan fingerprint density at radius 3 is 2.50 bits per heavy atom. The van der Waals surface area contributed by atoms with Crippen LogP contribution in [-0.4, -0.2) is 42.5 Å². The van der Waals surface area contributed by atoms with E-state index in [4.69, 9.17) is 9.84 Å². The second-order valence-electron chi connectivity index (χ2n) is 7.61. The summed E-state index contributed by atoms with van der Waals surface area (Å²) in [6.45, 7) is 1.26. The minimum Gasteiger partial charge on any atom is -0.449 e. The smallest absolute Gasteiger partial charge is 0.449 e. The monoisotopic (exact) mass is 472 g/mol. The highest BCUT2D eigenvalue weighted by atomic mass is 19.4. The number of ether oxygens (including phenoxy) is 1. The number of hydrogen-bond donors (Lipinski definition) is 2. The summed E-state index contributed by atoms with van der Waals surface area (Å²) >= 11 is 0. The third-order valence-corrected chi connectivity index (χ3v) is 5.42. The standard InChI is InChI=1S/C23H19F3N4O4/c1-2-22(33,23(24,25)26)19-13-30(29-28-19)12-14-8-9-16-17(15-6-4-3-5-7-15)11-20(34-21(31)32)27-18(16)10-14/h3-11,13,33H,2,12H2,1H3,(H,31,32). The van der Waals surface area contributed by atoms with E-state index in [1.54, 1.807) is 18.2 Å². The lowest BCUT2D eigenvalue weighted by Crippen LogP contribution is -2.42. The SMILES string of the molecule is CCC(O)(c1cn(Cc2ccc3c(-c4ccccc4)cc(OC(=O)O)nc3c2)nn1)C(F)(F)F. The molecule has 2 N–H and O–H groups in total. The Hall–Kier alpha value is -3.99. The quantitative estimate of drug-likeness (QED) is 0.389. The van der Waals surface area contributed by atoms with Crippen molar-refractivity contribution in [3.05, 3.63) is 72.1 Å². The van der Waals surface area contributed by atoms with Gasteiger partial charge < -0.3 is 14.9 Å². The van der Waals surface area contributed by atoms with Gasteiger partial charge in [-0.1, -0.05) is 54.6 Å². The zero-order chi connectivity index (χ0) is 24.5. The van der Waals surface area contributed by atoms with Gasteiger partial charge >= 0.3 is 12.3 Å². The number of pyridine rings is 1. The van der Waals surface area contributed by atoms with Crippen molar-refractivity contribution < 1.29 is 32.9 Å². The molecular weight excluding hydrogens is 453 g/mol. The van der Waals surface area contributed by atoms with Crippen LogP contribution in [0.3, 0.4) is 0 Å². The lowest BCUT2D eigenvalue weighted by molar-refractivity contribution is -0.269. The summed E-state index contributed by atoms with van der Waals surface area (Å²) in [7, 11) is 0. The number of aliphatic hydroxyl groups is 1. The van der Waals surface area contributed by atoms with Crippen LogP contribution in [0.25, 0.3) is 22.0 Å². The minimum absolute atomic E-state index is 0.0486. The highest BCUT2D eigenvalue weighted by Crippen LogP contribution is 2.40. The van der Waals surface area contributed by atoms with Crippen molar-refractivity contribution in [3.63, 3.8) is 0 Å². The second kappa shape index (κ2) is 8.75. The molecule has 4 rings (SSSR count). The molecule has 2 aromatic carbocycles. The largest absolute Gasteiger partial charge is 0.512 e. The molecule has 34 heavy (non-hydrogen) atoms. The third kappa shape index (κ3) is 4.42. The summed E-state index contributed by atoms with van der Waals surface area (Å²) in [5.41, 5.74) is -1.11. The van der Waals surface area contributed by atoms with Gasteiger partial charge in [0.25, 0.3) is 0 Å². The van der Waals surface area contributed by atoms with E-state index in [2.05, 4.69) is 15.3 Å². The predicted molar refractivity (Wildman–Crippen MR) is 115 cm³/mol. The van der Waals surface area contributed by atoms with Crippen LogP contribution in [0.5, 0.6) is 5.88 Å².